The highest BCUT2D eigenvalue weighted by atomic mass is 16.6. The van der Waals surface area contributed by atoms with Crippen molar-refractivity contribution >= 4 is 6.09 Å². The van der Waals surface area contributed by atoms with Gasteiger partial charge in [0.1, 0.15) is 17.4 Å². The van der Waals surface area contributed by atoms with Crippen LogP contribution in [0.5, 0.6) is 0 Å². The quantitative estimate of drug-likeness (QED) is 0.736. The maximum absolute atomic E-state index is 12.4. The smallest absolute Gasteiger partial charge is 0.412 e. The number of nitrogens with zero attached hydrogens (tertiary/aromatic N) is 1. The van der Waals surface area contributed by atoms with Gasteiger partial charge >= 0.3 is 6.09 Å². The second-order valence-corrected chi connectivity index (χ2v) is 6.98. The minimum Gasteiger partial charge on any atom is -0.444 e. The van der Waals surface area contributed by atoms with Crippen molar-refractivity contribution in [1.82, 2.24) is 4.90 Å². The van der Waals surface area contributed by atoms with Crippen LogP contribution >= 0.6 is 0 Å². The van der Waals surface area contributed by atoms with E-state index in [1.807, 2.05) is 41.5 Å². The molecule has 2 aliphatic rings. The van der Waals surface area contributed by atoms with E-state index >= 15 is 0 Å². The Hall–Kier alpha value is -0.850. The number of amides is 1. The minimum absolute atomic E-state index is 0.237. The van der Waals surface area contributed by atoms with Gasteiger partial charge in [0, 0.05) is 6.42 Å². The van der Waals surface area contributed by atoms with E-state index in [9.17, 15) is 9.90 Å². The molecule has 1 unspecified atom stereocenters. The van der Waals surface area contributed by atoms with Crippen LogP contribution in [0.15, 0.2) is 0 Å². The summed E-state index contributed by atoms with van der Waals surface area (Å²) in [4.78, 5) is 14.0. The topological polar surface area (TPSA) is 68.2 Å². The fourth-order valence-corrected chi connectivity index (χ4v) is 2.92. The van der Waals surface area contributed by atoms with E-state index in [0.29, 0.717) is 6.42 Å². The fraction of sp³-hybridized carbons (Fsp3) is 0.929. The fourth-order valence-electron chi connectivity index (χ4n) is 2.92. The zero-order valence-electron chi connectivity index (χ0n) is 13.0. The number of carbonyl (C=O) groups is 1. The summed E-state index contributed by atoms with van der Waals surface area (Å²) < 4.78 is 16.8. The predicted octanol–water partition coefficient (Wildman–Crippen LogP) is 1.85. The molecule has 0 radical (unpaired) electrons. The maximum Gasteiger partial charge on any atom is 0.412 e. The van der Waals surface area contributed by atoms with Crippen molar-refractivity contribution in [1.29, 1.82) is 0 Å². The lowest BCUT2D eigenvalue weighted by Gasteiger charge is -2.38. The van der Waals surface area contributed by atoms with Gasteiger partial charge < -0.3 is 19.3 Å². The number of hydrogen-bond donors (Lipinski definition) is 1. The van der Waals surface area contributed by atoms with E-state index in [2.05, 4.69) is 0 Å². The van der Waals surface area contributed by atoms with Crippen molar-refractivity contribution in [3.8, 4) is 0 Å². The zero-order valence-corrected chi connectivity index (χ0v) is 13.0. The molecule has 2 aliphatic heterocycles. The second kappa shape index (κ2) is 4.86. The third-order valence-electron chi connectivity index (χ3n) is 3.58. The number of carbonyl (C=O) groups excluding carboxylic acids is 1. The molecule has 6 nitrogen and oxygen atoms in total. The molecule has 0 aromatic rings. The number of aliphatic hydroxyl groups excluding tert-OH is 1. The summed E-state index contributed by atoms with van der Waals surface area (Å²) in [5.41, 5.74) is -1.35. The molecule has 2 rings (SSSR count). The molecule has 0 aliphatic carbocycles. The first kappa shape index (κ1) is 15.5. The van der Waals surface area contributed by atoms with Crippen molar-refractivity contribution in [3.05, 3.63) is 0 Å². The van der Waals surface area contributed by atoms with Crippen LogP contribution in [0.2, 0.25) is 0 Å². The SMILES string of the molecule is C[C@@H]1OC(O)C[C@@H]2[C@H]1OC(C)(C)N2C(=O)OC(C)(C)C. The molecule has 116 valence electrons. The number of fused-ring (bicyclic) bond motifs is 1. The van der Waals surface area contributed by atoms with Gasteiger partial charge in [-0.1, -0.05) is 0 Å². The summed E-state index contributed by atoms with van der Waals surface area (Å²) in [7, 11) is 0. The summed E-state index contributed by atoms with van der Waals surface area (Å²) in [5, 5.41) is 9.77. The monoisotopic (exact) mass is 287 g/mol. The summed E-state index contributed by atoms with van der Waals surface area (Å²) >= 11 is 0. The Morgan fingerprint density at radius 2 is 2.00 bits per heavy atom. The van der Waals surface area contributed by atoms with Crippen LogP contribution in [-0.2, 0) is 14.2 Å². The van der Waals surface area contributed by atoms with Crippen molar-refractivity contribution in [2.75, 3.05) is 0 Å². The minimum atomic E-state index is -0.881. The highest BCUT2D eigenvalue weighted by Crippen LogP contribution is 2.40. The van der Waals surface area contributed by atoms with Gasteiger partial charge in [-0.2, -0.15) is 0 Å². The third-order valence-corrected chi connectivity index (χ3v) is 3.58. The third kappa shape index (κ3) is 2.92. The molecule has 4 atom stereocenters. The number of rotatable bonds is 0. The van der Waals surface area contributed by atoms with E-state index in [1.165, 1.54) is 0 Å². The first-order valence-electron chi connectivity index (χ1n) is 7.05. The zero-order chi connectivity index (χ0) is 15.3. The Bertz CT molecular complexity index is 390. The van der Waals surface area contributed by atoms with Gasteiger partial charge in [0.05, 0.1) is 12.1 Å². The first-order chi connectivity index (χ1) is 9.01. The van der Waals surface area contributed by atoms with Gasteiger partial charge in [-0.25, -0.2) is 4.79 Å². The number of hydrogen-bond acceptors (Lipinski definition) is 5. The molecule has 0 bridgehead atoms. The van der Waals surface area contributed by atoms with Crippen molar-refractivity contribution in [2.24, 2.45) is 0 Å². The molecule has 1 N–H and O–H groups in total. The predicted molar refractivity (Wildman–Crippen MR) is 72.0 cm³/mol. The van der Waals surface area contributed by atoms with Gasteiger partial charge in [0.25, 0.3) is 0 Å². The van der Waals surface area contributed by atoms with Gasteiger partial charge in [0.15, 0.2) is 6.29 Å². The van der Waals surface area contributed by atoms with E-state index < -0.39 is 23.7 Å². The lowest BCUT2D eigenvalue weighted by molar-refractivity contribution is -0.203. The summed E-state index contributed by atoms with van der Waals surface area (Å²) in [6.45, 7) is 11.0. The molecule has 2 saturated heterocycles. The molecule has 20 heavy (non-hydrogen) atoms. The molecule has 0 aromatic heterocycles. The molecule has 0 saturated carbocycles. The van der Waals surface area contributed by atoms with Crippen LogP contribution in [0.25, 0.3) is 0 Å². The van der Waals surface area contributed by atoms with Crippen LogP contribution < -0.4 is 0 Å². The lowest BCUT2D eigenvalue weighted by atomic mass is 9.99. The molecule has 2 fully saturated rings. The maximum atomic E-state index is 12.4. The van der Waals surface area contributed by atoms with Crippen LogP contribution in [0.1, 0.15) is 48.0 Å². The van der Waals surface area contributed by atoms with Gasteiger partial charge in [0.2, 0.25) is 0 Å². The molecule has 2 heterocycles. The van der Waals surface area contributed by atoms with Crippen molar-refractivity contribution < 1.29 is 24.1 Å². The highest BCUT2D eigenvalue weighted by molar-refractivity contribution is 5.70. The average molecular weight is 287 g/mol. The molecular formula is C14H25NO5. The van der Waals surface area contributed by atoms with Crippen LogP contribution in [0.4, 0.5) is 4.79 Å². The highest BCUT2D eigenvalue weighted by Gasteiger charge is 2.55. The van der Waals surface area contributed by atoms with Crippen LogP contribution in [0.3, 0.4) is 0 Å². The molecule has 6 heteroatoms. The summed E-state index contributed by atoms with van der Waals surface area (Å²) in [5.74, 6) is 0. The standard InChI is InChI=1S/C14H25NO5/c1-8-11-9(7-10(16)18-8)15(14(5,6)19-11)12(17)20-13(2,3)4/h8-11,16H,7H2,1-6H3/t8-,9+,10?,11-/m0/s1. The average Bonchev–Trinajstić information content (AvgIpc) is 2.46. The largest absolute Gasteiger partial charge is 0.444 e. The Kier molecular flexibility index (Phi) is 3.77. The van der Waals surface area contributed by atoms with E-state index in [1.54, 1.807) is 4.90 Å². The molecule has 1 amide bonds. The summed E-state index contributed by atoms with van der Waals surface area (Å²) in [6.07, 6.45) is -1.49. The normalized spacial score (nSPS) is 36.6. The Labute approximate surface area is 120 Å². The van der Waals surface area contributed by atoms with E-state index in [0.717, 1.165) is 0 Å². The Morgan fingerprint density at radius 3 is 2.55 bits per heavy atom. The van der Waals surface area contributed by atoms with E-state index in [4.69, 9.17) is 14.2 Å². The van der Waals surface area contributed by atoms with Gasteiger partial charge in [-0.3, -0.25) is 4.90 Å². The molecule has 0 aromatic carbocycles. The van der Waals surface area contributed by atoms with Crippen LogP contribution in [0, 0.1) is 0 Å². The Morgan fingerprint density at radius 1 is 1.40 bits per heavy atom. The summed E-state index contributed by atoms with van der Waals surface area (Å²) in [6, 6.07) is -0.237. The first-order valence-corrected chi connectivity index (χ1v) is 7.05. The molecular weight excluding hydrogens is 262 g/mol. The van der Waals surface area contributed by atoms with Crippen molar-refractivity contribution in [2.45, 2.75) is 83.8 Å². The second-order valence-electron chi connectivity index (χ2n) is 6.98. The lowest BCUT2D eigenvalue weighted by Crippen LogP contribution is -2.54. The van der Waals surface area contributed by atoms with Crippen LogP contribution in [-0.4, -0.2) is 52.0 Å². The van der Waals surface area contributed by atoms with Gasteiger partial charge in [-0.05, 0) is 41.5 Å². The Balaban J connectivity index is 2.23. The van der Waals surface area contributed by atoms with E-state index in [-0.39, 0.29) is 18.2 Å². The number of ether oxygens (including phenoxy) is 3. The molecule has 0 spiro atoms. The number of aliphatic hydroxyl groups is 1. The van der Waals surface area contributed by atoms with Gasteiger partial charge in [-0.15, -0.1) is 0 Å². The van der Waals surface area contributed by atoms with Crippen molar-refractivity contribution in [3.63, 3.8) is 0 Å².